The van der Waals surface area contributed by atoms with Crippen molar-refractivity contribution in [2.24, 2.45) is 13.0 Å². The van der Waals surface area contributed by atoms with Crippen LogP contribution in [-0.2, 0) is 16.6 Å². The highest BCUT2D eigenvalue weighted by Crippen LogP contribution is 2.38. The van der Waals surface area contributed by atoms with Gasteiger partial charge in [-0.15, -0.1) is 0 Å². The average Bonchev–Trinajstić information content (AvgIpc) is 3.06. The fourth-order valence-electron chi connectivity index (χ4n) is 4.11. The number of aryl methyl sites for hydroxylation is 2. The molecule has 0 saturated carbocycles. The van der Waals surface area contributed by atoms with E-state index in [0.29, 0.717) is 12.3 Å². The van der Waals surface area contributed by atoms with Gasteiger partial charge >= 0.3 is 0 Å². The second kappa shape index (κ2) is 6.51. The number of rotatable bonds is 4. The number of aromatic nitrogens is 2. The molecule has 6 nitrogen and oxygen atoms in total. The Bertz CT molecular complexity index is 886. The van der Waals surface area contributed by atoms with Gasteiger partial charge in [0, 0.05) is 25.8 Å². The molecule has 2 saturated heterocycles. The molecule has 4 rings (SSSR count). The second-order valence-electron chi connectivity index (χ2n) is 8.78. The van der Waals surface area contributed by atoms with Crippen molar-refractivity contribution in [3.63, 3.8) is 0 Å². The van der Waals surface area contributed by atoms with Gasteiger partial charge in [0.25, 0.3) is 0 Å². The number of amides is 1. The van der Waals surface area contributed by atoms with Gasteiger partial charge < -0.3 is 19.5 Å². The van der Waals surface area contributed by atoms with Gasteiger partial charge in [0.05, 0.1) is 29.2 Å². The van der Waals surface area contributed by atoms with Gasteiger partial charge in [-0.05, 0) is 57.2 Å². The molecule has 0 radical (unpaired) electrons. The van der Waals surface area contributed by atoms with E-state index in [1.165, 1.54) is 12.8 Å². The smallest absolute Gasteiger partial charge is 0.227 e. The number of carbonyl (C=O) groups excluding carboxylic acids is 1. The van der Waals surface area contributed by atoms with E-state index >= 15 is 0 Å². The van der Waals surface area contributed by atoms with Gasteiger partial charge in [0.15, 0.2) is 0 Å². The van der Waals surface area contributed by atoms with Crippen LogP contribution in [0.5, 0.6) is 0 Å². The Kier molecular flexibility index (Phi) is 4.41. The standard InChI is InChI=1S/C21H30N4O2/c1-13-7-6-8-25(12-13)20-23-16-10-15(14(2)9-17(16)24(20)5)22-19(26)11-18-21(3,4)27-18/h9-10,13,18H,6-8,11-12H2,1-5H3,(H,22,26)/t13-,18?/m1/s1. The van der Waals surface area contributed by atoms with Crippen molar-refractivity contribution < 1.29 is 9.53 Å². The first-order valence-corrected chi connectivity index (χ1v) is 9.94. The number of carbonyl (C=O) groups is 1. The van der Waals surface area contributed by atoms with E-state index < -0.39 is 0 Å². The lowest BCUT2D eigenvalue weighted by Crippen LogP contribution is -2.35. The number of ether oxygens (including phenoxy) is 1. The number of nitrogens with zero attached hydrogens (tertiary/aromatic N) is 3. The molecule has 2 aromatic rings. The summed E-state index contributed by atoms with van der Waals surface area (Å²) in [4.78, 5) is 19.6. The molecule has 2 aliphatic rings. The summed E-state index contributed by atoms with van der Waals surface area (Å²) >= 11 is 0. The van der Waals surface area contributed by atoms with Crippen molar-refractivity contribution in [3.05, 3.63) is 17.7 Å². The lowest BCUT2D eigenvalue weighted by atomic mass is 10.0. The average molecular weight is 370 g/mol. The maximum absolute atomic E-state index is 12.4. The third-order valence-electron chi connectivity index (χ3n) is 5.95. The molecule has 2 fully saturated rings. The zero-order valence-electron chi connectivity index (χ0n) is 17.0. The molecule has 0 aliphatic carbocycles. The first kappa shape index (κ1) is 18.3. The van der Waals surface area contributed by atoms with Crippen molar-refractivity contribution in [2.75, 3.05) is 23.3 Å². The second-order valence-corrected chi connectivity index (χ2v) is 8.78. The highest BCUT2D eigenvalue weighted by molar-refractivity contribution is 5.95. The SMILES string of the molecule is Cc1cc2c(cc1NC(=O)CC1OC1(C)C)nc(N1CCC[C@@H](C)C1)n2C. The summed E-state index contributed by atoms with van der Waals surface area (Å²) in [6.07, 6.45) is 2.91. The number of anilines is 2. The zero-order valence-corrected chi connectivity index (χ0v) is 17.0. The van der Waals surface area contributed by atoms with Gasteiger partial charge in [-0.25, -0.2) is 4.98 Å². The third kappa shape index (κ3) is 3.55. The number of hydrogen-bond acceptors (Lipinski definition) is 4. The minimum absolute atomic E-state index is 0.00552. The van der Waals surface area contributed by atoms with Crippen LogP contribution in [0, 0.1) is 12.8 Å². The molecule has 1 unspecified atom stereocenters. The number of epoxide rings is 1. The summed E-state index contributed by atoms with van der Waals surface area (Å²) in [6.45, 7) is 10.5. The quantitative estimate of drug-likeness (QED) is 0.835. The Balaban J connectivity index is 1.56. The van der Waals surface area contributed by atoms with Crippen molar-refractivity contribution >= 4 is 28.6 Å². The number of piperidine rings is 1. The fourth-order valence-corrected chi connectivity index (χ4v) is 4.11. The van der Waals surface area contributed by atoms with Crippen LogP contribution in [0.15, 0.2) is 12.1 Å². The molecule has 1 aromatic carbocycles. The van der Waals surface area contributed by atoms with Crippen LogP contribution in [0.1, 0.15) is 45.6 Å². The van der Waals surface area contributed by atoms with E-state index in [2.05, 4.69) is 34.8 Å². The van der Waals surface area contributed by atoms with Gasteiger partial charge in [-0.2, -0.15) is 0 Å². The van der Waals surface area contributed by atoms with Crippen molar-refractivity contribution in [3.8, 4) is 0 Å². The molecule has 2 aliphatic heterocycles. The molecule has 6 heteroatoms. The number of hydrogen-bond donors (Lipinski definition) is 1. The number of nitrogens with one attached hydrogen (secondary N) is 1. The zero-order chi connectivity index (χ0) is 19.3. The van der Waals surface area contributed by atoms with Crippen molar-refractivity contribution in [2.45, 2.75) is 58.7 Å². The van der Waals surface area contributed by atoms with Crippen LogP contribution < -0.4 is 10.2 Å². The molecule has 0 bridgehead atoms. The minimum atomic E-state index is -0.169. The van der Waals surface area contributed by atoms with Crippen molar-refractivity contribution in [1.29, 1.82) is 0 Å². The molecule has 146 valence electrons. The predicted octanol–water partition coefficient (Wildman–Crippen LogP) is 3.62. The van der Waals surface area contributed by atoms with E-state index in [4.69, 9.17) is 9.72 Å². The first-order valence-electron chi connectivity index (χ1n) is 9.94. The van der Waals surface area contributed by atoms with E-state index in [1.54, 1.807) is 0 Å². The predicted molar refractivity (Wildman–Crippen MR) is 108 cm³/mol. The summed E-state index contributed by atoms with van der Waals surface area (Å²) in [7, 11) is 2.08. The molecule has 1 amide bonds. The van der Waals surface area contributed by atoms with Gasteiger partial charge in [0.2, 0.25) is 11.9 Å². The van der Waals surface area contributed by atoms with Crippen LogP contribution in [0.2, 0.25) is 0 Å². The lowest BCUT2D eigenvalue weighted by molar-refractivity contribution is -0.116. The van der Waals surface area contributed by atoms with E-state index in [9.17, 15) is 4.79 Å². The van der Waals surface area contributed by atoms with Gasteiger partial charge in [-0.1, -0.05) is 6.92 Å². The van der Waals surface area contributed by atoms with E-state index in [0.717, 1.165) is 41.3 Å². The molecule has 0 spiro atoms. The summed E-state index contributed by atoms with van der Waals surface area (Å²) in [5, 5.41) is 3.04. The van der Waals surface area contributed by atoms with Crippen LogP contribution in [0.3, 0.4) is 0 Å². The third-order valence-corrected chi connectivity index (χ3v) is 5.95. The monoisotopic (exact) mass is 370 g/mol. The Morgan fingerprint density at radius 3 is 2.81 bits per heavy atom. The maximum Gasteiger partial charge on any atom is 0.227 e. The van der Waals surface area contributed by atoms with Gasteiger partial charge in [0.1, 0.15) is 0 Å². The molecule has 27 heavy (non-hydrogen) atoms. The molecule has 3 heterocycles. The highest BCUT2D eigenvalue weighted by atomic mass is 16.6. The van der Waals surface area contributed by atoms with Crippen LogP contribution in [0.25, 0.3) is 11.0 Å². The Morgan fingerprint density at radius 1 is 1.41 bits per heavy atom. The maximum atomic E-state index is 12.4. The van der Waals surface area contributed by atoms with Gasteiger partial charge in [-0.3, -0.25) is 4.79 Å². The molecule has 1 N–H and O–H groups in total. The minimum Gasteiger partial charge on any atom is -0.366 e. The molecular formula is C21H30N4O2. The lowest BCUT2D eigenvalue weighted by Gasteiger charge is -2.31. The molecular weight excluding hydrogens is 340 g/mol. The van der Waals surface area contributed by atoms with E-state index in [1.807, 2.05) is 26.8 Å². The number of imidazole rings is 1. The Morgan fingerprint density at radius 2 is 2.15 bits per heavy atom. The summed E-state index contributed by atoms with van der Waals surface area (Å²) in [5.41, 5.74) is 3.74. The fraction of sp³-hybridized carbons (Fsp3) is 0.619. The molecule has 1 aromatic heterocycles. The molecule has 2 atom stereocenters. The number of benzene rings is 1. The first-order chi connectivity index (χ1) is 12.7. The summed E-state index contributed by atoms with van der Waals surface area (Å²) < 4.78 is 7.70. The van der Waals surface area contributed by atoms with E-state index in [-0.39, 0.29) is 17.6 Å². The number of fused-ring (bicyclic) bond motifs is 1. The topological polar surface area (TPSA) is 62.7 Å². The largest absolute Gasteiger partial charge is 0.366 e. The normalized spacial score (nSPS) is 24.3. The Labute approximate surface area is 160 Å². The highest BCUT2D eigenvalue weighted by Gasteiger charge is 2.48. The Hall–Kier alpha value is -2.08. The van der Waals surface area contributed by atoms with Crippen LogP contribution in [-0.4, -0.2) is 40.3 Å². The summed E-state index contributed by atoms with van der Waals surface area (Å²) in [5.74, 6) is 1.71. The van der Waals surface area contributed by atoms with Crippen molar-refractivity contribution in [1.82, 2.24) is 9.55 Å². The van der Waals surface area contributed by atoms with Crippen LogP contribution in [0.4, 0.5) is 11.6 Å². The van der Waals surface area contributed by atoms with Crippen LogP contribution >= 0.6 is 0 Å². The summed E-state index contributed by atoms with van der Waals surface area (Å²) in [6, 6.07) is 4.12.